The minimum atomic E-state index is 0.788. The first kappa shape index (κ1) is 21.4. The van der Waals surface area contributed by atoms with Gasteiger partial charge in [-0.2, -0.15) is 0 Å². The van der Waals surface area contributed by atoms with Gasteiger partial charge in [0.1, 0.15) is 0 Å². The highest BCUT2D eigenvalue weighted by atomic mass is 79.9. The average molecular weight is 503 g/mol. The molecule has 0 N–H and O–H groups in total. The maximum atomic E-state index is 6.24. The second-order valence-electron chi connectivity index (χ2n) is 8.56. The van der Waals surface area contributed by atoms with Gasteiger partial charge in [-0.05, 0) is 110 Å². The molecule has 1 nitrogen and oxygen atoms in total. The van der Waals surface area contributed by atoms with E-state index in [1.807, 2.05) is 18.5 Å². The van der Waals surface area contributed by atoms with E-state index >= 15 is 0 Å². The Hall–Kier alpha value is -2.42. The van der Waals surface area contributed by atoms with Crippen LogP contribution >= 0.6 is 27.5 Å². The molecular formula is C29H25BrClN. The Kier molecular flexibility index (Phi) is 6.17. The lowest BCUT2D eigenvalue weighted by molar-refractivity contribution is 0.805. The van der Waals surface area contributed by atoms with Gasteiger partial charge in [0.25, 0.3) is 0 Å². The second kappa shape index (κ2) is 9.21. The van der Waals surface area contributed by atoms with Crippen LogP contribution in [-0.4, -0.2) is 6.21 Å². The van der Waals surface area contributed by atoms with E-state index in [2.05, 4.69) is 82.5 Å². The maximum Gasteiger partial charge on any atom is 0.0554 e. The fourth-order valence-electron chi connectivity index (χ4n) is 4.92. The first-order valence-electron chi connectivity index (χ1n) is 11.2. The molecule has 160 valence electrons. The van der Waals surface area contributed by atoms with Crippen molar-refractivity contribution in [3.8, 4) is 0 Å². The summed E-state index contributed by atoms with van der Waals surface area (Å²) in [4.78, 5) is 4.08. The second-order valence-corrected chi connectivity index (χ2v) is 9.83. The molecule has 0 amide bonds. The fourth-order valence-corrected chi connectivity index (χ4v) is 5.44. The first-order chi connectivity index (χ1) is 15.6. The van der Waals surface area contributed by atoms with Crippen LogP contribution in [-0.2, 0) is 19.3 Å². The number of halogens is 2. The topological polar surface area (TPSA) is 12.4 Å². The van der Waals surface area contributed by atoms with Crippen LogP contribution in [0.1, 0.15) is 42.0 Å². The van der Waals surface area contributed by atoms with E-state index in [0.717, 1.165) is 22.3 Å². The zero-order chi connectivity index (χ0) is 22.1. The van der Waals surface area contributed by atoms with Crippen LogP contribution < -0.4 is 10.4 Å². The Morgan fingerprint density at radius 2 is 1.75 bits per heavy atom. The predicted molar refractivity (Wildman–Crippen MR) is 140 cm³/mol. The minimum Gasteiger partial charge on any atom is -0.269 e. The summed E-state index contributed by atoms with van der Waals surface area (Å²) in [7, 11) is 0. The van der Waals surface area contributed by atoms with E-state index in [9.17, 15) is 0 Å². The van der Waals surface area contributed by atoms with Gasteiger partial charge in [0.2, 0.25) is 0 Å². The van der Waals surface area contributed by atoms with E-state index in [-0.39, 0.29) is 0 Å². The smallest absolute Gasteiger partial charge is 0.0554 e. The number of nitrogens with zero attached hydrogens (tertiary/aromatic N) is 1. The monoisotopic (exact) mass is 501 g/mol. The largest absolute Gasteiger partial charge is 0.269 e. The quantitative estimate of drug-likeness (QED) is 0.332. The molecule has 0 aromatic heterocycles. The highest BCUT2D eigenvalue weighted by Gasteiger charge is 2.14. The molecule has 0 bridgehead atoms. The number of fused-ring (bicyclic) bond motifs is 5. The van der Waals surface area contributed by atoms with E-state index in [4.69, 9.17) is 11.6 Å². The Balaban J connectivity index is 0.000000165. The van der Waals surface area contributed by atoms with Crippen molar-refractivity contribution in [3.63, 3.8) is 0 Å². The van der Waals surface area contributed by atoms with Crippen LogP contribution in [0, 0.1) is 10.4 Å². The van der Waals surface area contributed by atoms with E-state index < -0.39 is 0 Å². The Bertz CT molecular complexity index is 1480. The van der Waals surface area contributed by atoms with Gasteiger partial charge in [0.05, 0.1) is 5.02 Å². The Labute approximate surface area is 202 Å². The first-order valence-corrected chi connectivity index (χ1v) is 12.3. The molecule has 3 aliphatic rings. The zero-order valence-electron chi connectivity index (χ0n) is 18.2. The van der Waals surface area contributed by atoms with Gasteiger partial charge in [-0.3, -0.25) is 4.99 Å². The average Bonchev–Trinajstić information content (AvgIpc) is 3.06. The fraction of sp³-hybridized carbons (Fsp3) is 0.207. The molecule has 0 unspecified atom stereocenters. The van der Waals surface area contributed by atoms with Crippen LogP contribution in [0.4, 0.5) is 0 Å². The third-order valence-corrected chi connectivity index (χ3v) is 7.79. The summed E-state index contributed by atoms with van der Waals surface area (Å²) in [6.45, 7) is 2.28. The van der Waals surface area contributed by atoms with Crippen molar-refractivity contribution in [3.05, 3.63) is 107 Å². The van der Waals surface area contributed by atoms with Crippen molar-refractivity contribution in [2.45, 2.75) is 39.0 Å². The van der Waals surface area contributed by atoms with Crippen molar-refractivity contribution in [1.29, 1.82) is 0 Å². The van der Waals surface area contributed by atoms with Crippen LogP contribution in [0.25, 0.3) is 17.7 Å². The third-order valence-electron chi connectivity index (χ3n) is 6.59. The van der Waals surface area contributed by atoms with Crippen molar-refractivity contribution in [2.75, 3.05) is 0 Å². The summed E-state index contributed by atoms with van der Waals surface area (Å²) in [6, 6.07) is 17.2. The van der Waals surface area contributed by atoms with Gasteiger partial charge in [-0.1, -0.05) is 59.6 Å². The van der Waals surface area contributed by atoms with Gasteiger partial charge in [0, 0.05) is 23.3 Å². The molecule has 0 fully saturated rings. The van der Waals surface area contributed by atoms with Gasteiger partial charge in [-0.25, -0.2) is 0 Å². The summed E-state index contributed by atoms with van der Waals surface area (Å²) < 4.78 is 0.977. The van der Waals surface area contributed by atoms with Crippen LogP contribution in [0.3, 0.4) is 0 Å². The molecular weight excluding hydrogens is 478 g/mol. The van der Waals surface area contributed by atoms with Gasteiger partial charge < -0.3 is 0 Å². The van der Waals surface area contributed by atoms with Gasteiger partial charge >= 0.3 is 0 Å². The summed E-state index contributed by atoms with van der Waals surface area (Å²) in [5, 5.41) is 6.23. The summed E-state index contributed by atoms with van der Waals surface area (Å²) in [5.41, 5.74) is 7.27. The van der Waals surface area contributed by atoms with Crippen LogP contribution in [0.5, 0.6) is 0 Å². The maximum absolute atomic E-state index is 6.24. The molecule has 3 aromatic rings. The highest BCUT2D eigenvalue weighted by Crippen LogP contribution is 2.24. The molecule has 6 rings (SSSR count). The van der Waals surface area contributed by atoms with Crippen molar-refractivity contribution in [1.82, 2.24) is 0 Å². The van der Waals surface area contributed by atoms with Crippen LogP contribution in [0.2, 0.25) is 5.02 Å². The molecule has 2 aliphatic carbocycles. The number of benzene rings is 3. The van der Waals surface area contributed by atoms with Gasteiger partial charge in [0.15, 0.2) is 0 Å². The Morgan fingerprint density at radius 1 is 0.906 bits per heavy atom. The number of hydrogen-bond acceptors (Lipinski definition) is 1. The standard InChI is InChI=1S/C19H16BrCl.C10H9N/c1-11-3-2-4-14-13(11)7-8-16-15(14)6-5-12-9-19(21)18(20)10-17(12)16;1-2-4-10-6-8-11-7-5-9(10)3-1/h5,7-10H,2-4,6H2,1H3;1-5,7-8H,6H2. The number of rotatable bonds is 0. The Morgan fingerprint density at radius 3 is 2.66 bits per heavy atom. The third kappa shape index (κ3) is 4.14. The summed E-state index contributed by atoms with van der Waals surface area (Å²) >= 11 is 9.80. The lowest BCUT2D eigenvalue weighted by Crippen LogP contribution is -2.21. The van der Waals surface area contributed by atoms with Crippen molar-refractivity contribution >= 4 is 51.5 Å². The lowest BCUT2D eigenvalue weighted by Gasteiger charge is -2.19. The lowest BCUT2D eigenvalue weighted by atomic mass is 9.86. The molecule has 0 radical (unpaired) electrons. The number of hydrogen-bond donors (Lipinski definition) is 0. The van der Waals surface area contributed by atoms with Crippen molar-refractivity contribution in [2.24, 2.45) is 4.99 Å². The summed E-state index contributed by atoms with van der Waals surface area (Å²) in [5.74, 6) is 0. The van der Waals surface area contributed by atoms with E-state index in [1.54, 1.807) is 11.1 Å². The molecule has 1 heterocycles. The molecule has 0 saturated carbocycles. The normalized spacial score (nSPS) is 15.3. The highest BCUT2D eigenvalue weighted by molar-refractivity contribution is 9.10. The predicted octanol–water partition coefficient (Wildman–Crippen LogP) is 6.52. The molecule has 32 heavy (non-hydrogen) atoms. The molecule has 0 atom stereocenters. The van der Waals surface area contributed by atoms with Crippen molar-refractivity contribution < 1.29 is 0 Å². The molecule has 1 aliphatic heterocycles. The minimum absolute atomic E-state index is 0.788. The van der Waals surface area contributed by atoms with E-state index in [1.165, 1.54) is 56.8 Å². The molecule has 3 heteroatoms. The number of aliphatic imine (C=N–C) groups is 1. The summed E-state index contributed by atoms with van der Waals surface area (Å²) in [6.07, 6.45) is 13.8. The zero-order valence-corrected chi connectivity index (χ0v) is 20.5. The molecule has 0 spiro atoms. The molecule has 0 saturated heterocycles. The SMILES string of the molecule is C1=Cc2ccccc2CC=N1.CC1=c2ccc3c(c2CCC1)CC=c1cc(Cl)c(Br)cc1=3. The van der Waals surface area contributed by atoms with Crippen LogP contribution in [0.15, 0.2) is 64.2 Å². The van der Waals surface area contributed by atoms with E-state index in [0.29, 0.717) is 0 Å². The molecule has 3 aromatic carbocycles. The van der Waals surface area contributed by atoms with Gasteiger partial charge in [-0.15, -0.1) is 0 Å².